The van der Waals surface area contributed by atoms with Crippen molar-refractivity contribution in [3.8, 4) is 0 Å². The van der Waals surface area contributed by atoms with E-state index in [0.717, 1.165) is 5.56 Å². The lowest BCUT2D eigenvalue weighted by molar-refractivity contribution is -0.118. The third kappa shape index (κ3) is 7.83. The van der Waals surface area contributed by atoms with Gasteiger partial charge in [-0.05, 0) is 50.6 Å². The average Bonchev–Trinajstić information content (AvgIpc) is 2.68. The van der Waals surface area contributed by atoms with E-state index >= 15 is 0 Å². The molecule has 0 aliphatic rings. The highest BCUT2D eigenvalue weighted by Crippen LogP contribution is 2.15. The quantitative estimate of drug-likeness (QED) is 0.665. The number of carbonyl (C=O) groups is 3. The summed E-state index contributed by atoms with van der Waals surface area (Å²) < 4.78 is 9.82. The zero-order valence-electron chi connectivity index (χ0n) is 17.5. The molecule has 0 unspecified atom stereocenters. The lowest BCUT2D eigenvalue weighted by Gasteiger charge is -2.23. The molecular weight excluding hydrogens is 386 g/mol. The summed E-state index contributed by atoms with van der Waals surface area (Å²) in [5.74, 6) is -0.390. The maximum Gasteiger partial charge on any atom is 0.411 e. The number of hydrogen-bond acceptors (Lipinski definition) is 5. The molecule has 3 amide bonds. The Morgan fingerprint density at radius 1 is 0.867 bits per heavy atom. The summed E-state index contributed by atoms with van der Waals surface area (Å²) in [5.41, 5.74) is 1.25. The Morgan fingerprint density at radius 2 is 1.43 bits per heavy atom. The minimum absolute atomic E-state index is 0.299. The highest BCUT2D eigenvalue weighted by molar-refractivity contribution is 5.97. The van der Waals surface area contributed by atoms with Crippen LogP contribution in [0.4, 0.5) is 21.0 Å². The van der Waals surface area contributed by atoms with Gasteiger partial charge in [-0.3, -0.25) is 10.1 Å². The van der Waals surface area contributed by atoms with Crippen LogP contribution in [0.15, 0.2) is 54.6 Å². The van der Waals surface area contributed by atoms with Crippen LogP contribution in [0, 0.1) is 0 Å². The van der Waals surface area contributed by atoms with E-state index in [1.807, 2.05) is 30.3 Å². The van der Waals surface area contributed by atoms with Gasteiger partial charge in [0.1, 0.15) is 11.6 Å². The smallest absolute Gasteiger partial charge is 0.411 e. The molecule has 0 radical (unpaired) electrons. The summed E-state index contributed by atoms with van der Waals surface area (Å²) in [5, 5.41) is 7.94. The summed E-state index contributed by atoms with van der Waals surface area (Å²) in [7, 11) is 1.27. The fourth-order valence-electron chi connectivity index (χ4n) is 2.54. The van der Waals surface area contributed by atoms with Gasteiger partial charge >= 0.3 is 12.2 Å². The third-order valence-electron chi connectivity index (χ3n) is 3.87. The Hall–Kier alpha value is -3.55. The van der Waals surface area contributed by atoms with E-state index in [9.17, 15) is 14.4 Å². The largest absolute Gasteiger partial charge is 0.453 e. The van der Waals surface area contributed by atoms with Crippen molar-refractivity contribution in [2.45, 2.75) is 38.8 Å². The van der Waals surface area contributed by atoms with Crippen molar-refractivity contribution in [1.29, 1.82) is 0 Å². The SMILES string of the molecule is COC(=O)Nc1ccc(NC(=O)[C@H](Cc2ccccc2)NC(=O)OC(C)(C)C)cc1. The minimum atomic E-state index is -0.838. The number of carbonyl (C=O) groups excluding carboxylic acids is 3. The van der Waals surface area contributed by atoms with Crippen LogP contribution in [-0.2, 0) is 20.7 Å². The number of alkyl carbamates (subject to hydrolysis) is 1. The van der Waals surface area contributed by atoms with E-state index < -0.39 is 29.7 Å². The van der Waals surface area contributed by atoms with Crippen LogP contribution >= 0.6 is 0 Å². The Bertz CT molecular complexity index is 861. The van der Waals surface area contributed by atoms with Gasteiger partial charge in [0.15, 0.2) is 0 Å². The molecule has 8 nitrogen and oxygen atoms in total. The zero-order valence-corrected chi connectivity index (χ0v) is 17.5. The van der Waals surface area contributed by atoms with Gasteiger partial charge in [0, 0.05) is 17.8 Å². The molecular formula is C22H27N3O5. The summed E-state index contributed by atoms with van der Waals surface area (Å²) in [4.78, 5) is 36.3. The number of methoxy groups -OCH3 is 1. The molecule has 160 valence electrons. The fraction of sp³-hybridized carbons (Fsp3) is 0.318. The van der Waals surface area contributed by atoms with Crippen LogP contribution in [0.2, 0.25) is 0 Å². The fourth-order valence-corrected chi connectivity index (χ4v) is 2.54. The van der Waals surface area contributed by atoms with Crippen LogP contribution in [-0.4, -0.2) is 36.8 Å². The second-order valence-electron chi connectivity index (χ2n) is 7.57. The van der Waals surface area contributed by atoms with E-state index in [-0.39, 0.29) is 0 Å². The van der Waals surface area contributed by atoms with Crippen LogP contribution in [0.25, 0.3) is 0 Å². The first-order chi connectivity index (χ1) is 14.2. The molecule has 0 saturated heterocycles. The van der Waals surface area contributed by atoms with Crippen LogP contribution in [0.3, 0.4) is 0 Å². The maximum atomic E-state index is 12.9. The van der Waals surface area contributed by atoms with Gasteiger partial charge in [-0.2, -0.15) is 0 Å². The highest BCUT2D eigenvalue weighted by Gasteiger charge is 2.25. The molecule has 0 aliphatic carbocycles. The lowest BCUT2D eigenvalue weighted by atomic mass is 10.1. The predicted octanol–water partition coefficient (Wildman–Crippen LogP) is 3.94. The van der Waals surface area contributed by atoms with Gasteiger partial charge in [-0.1, -0.05) is 30.3 Å². The second kappa shape index (κ2) is 10.3. The van der Waals surface area contributed by atoms with Crippen LogP contribution in [0.1, 0.15) is 26.3 Å². The van der Waals surface area contributed by atoms with Gasteiger partial charge in [0.2, 0.25) is 5.91 Å². The number of rotatable bonds is 6. The Kier molecular flexibility index (Phi) is 7.80. The number of ether oxygens (including phenoxy) is 2. The monoisotopic (exact) mass is 413 g/mol. The molecule has 0 fully saturated rings. The molecule has 8 heteroatoms. The normalized spacial score (nSPS) is 11.7. The van der Waals surface area contributed by atoms with Crippen LogP contribution in [0.5, 0.6) is 0 Å². The molecule has 0 heterocycles. The highest BCUT2D eigenvalue weighted by atomic mass is 16.6. The topological polar surface area (TPSA) is 106 Å². The molecule has 0 aliphatic heterocycles. The molecule has 30 heavy (non-hydrogen) atoms. The molecule has 0 spiro atoms. The predicted molar refractivity (Wildman–Crippen MR) is 114 cm³/mol. The first-order valence-corrected chi connectivity index (χ1v) is 9.45. The molecule has 2 aromatic carbocycles. The summed E-state index contributed by atoms with van der Waals surface area (Å²) in [6, 6.07) is 15.1. The van der Waals surface area contributed by atoms with Gasteiger partial charge in [0.25, 0.3) is 0 Å². The molecule has 1 atom stereocenters. The average molecular weight is 413 g/mol. The summed E-state index contributed by atoms with van der Waals surface area (Å²) in [6.45, 7) is 5.26. The van der Waals surface area contributed by atoms with Crippen LogP contribution < -0.4 is 16.0 Å². The molecule has 3 N–H and O–H groups in total. The van der Waals surface area contributed by atoms with Crippen molar-refractivity contribution in [3.05, 3.63) is 60.2 Å². The number of benzene rings is 2. The number of amides is 3. The molecule has 0 aromatic heterocycles. The van der Waals surface area contributed by atoms with Crippen molar-refractivity contribution in [3.63, 3.8) is 0 Å². The Labute approximate surface area is 175 Å². The van der Waals surface area contributed by atoms with Gasteiger partial charge in [0.05, 0.1) is 7.11 Å². The van der Waals surface area contributed by atoms with Crippen molar-refractivity contribution in [1.82, 2.24) is 5.32 Å². The summed E-state index contributed by atoms with van der Waals surface area (Å²) in [6.07, 6.45) is -0.957. The molecule has 0 bridgehead atoms. The van der Waals surface area contributed by atoms with Gasteiger partial charge in [-0.15, -0.1) is 0 Å². The molecule has 0 saturated carbocycles. The van der Waals surface area contributed by atoms with Crippen molar-refractivity contribution in [2.24, 2.45) is 0 Å². The van der Waals surface area contributed by atoms with Crippen molar-refractivity contribution >= 4 is 29.5 Å². The Morgan fingerprint density at radius 3 is 1.97 bits per heavy atom. The molecule has 2 aromatic rings. The van der Waals surface area contributed by atoms with Gasteiger partial charge in [-0.25, -0.2) is 9.59 Å². The van der Waals surface area contributed by atoms with Gasteiger partial charge < -0.3 is 20.1 Å². The number of hydrogen-bond donors (Lipinski definition) is 3. The zero-order chi connectivity index (χ0) is 22.1. The standard InChI is InChI=1S/C22H27N3O5/c1-22(2,3)30-21(28)25-18(14-15-8-6-5-7-9-15)19(26)23-16-10-12-17(13-11-16)24-20(27)29-4/h5-13,18H,14H2,1-4H3,(H,23,26)(H,24,27)(H,25,28)/t18-/m0/s1. The van der Waals surface area contributed by atoms with E-state index in [0.29, 0.717) is 17.8 Å². The maximum absolute atomic E-state index is 12.9. The minimum Gasteiger partial charge on any atom is -0.453 e. The van der Waals surface area contributed by atoms with E-state index in [4.69, 9.17) is 4.74 Å². The van der Waals surface area contributed by atoms with E-state index in [2.05, 4.69) is 20.7 Å². The number of anilines is 2. The van der Waals surface area contributed by atoms with E-state index in [1.54, 1.807) is 45.0 Å². The van der Waals surface area contributed by atoms with Crippen molar-refractivity contribution < 1.29 is 23.9 Å². The second-order valence-corrected chi connectivity index (χ2v) is 7.57. The Balaban J connectivity index is 2.09. The summed E-state index contributed by atoms with van der Waals surface area (Å²) >= 11 is 0. The van der Waals surface area contributed by atoms with Crippen molar-refractivity contribution in [2.75, 3.05) is 17.7 Å². The van der Waals surface area contributed by atoms with E-state index in [1.165, 1.54) is 7.11 Å². The molecule has 2 rings (SSSR count). The lowest BCUT2D eigenvalue weighted by Crippen LogP contribution is -2.47. The third-order valence-corrected chi connectivity index (χ3v) is 3.87. The first kappa shape index (κ1) is 22.7. The number of nitrogens with one attached hydrogen (secondary N) is 3. The first-order valence-electron chi connectivity index (χ1n) is 9.45.